The molecule has 0 aliphatic carbocycles. The normalized spacial score (nSPS) is 20.8. The van der Waals surface area contributed by atoms with Crippen LogP contribution in [0.15, 0.2) is 34.0 Å². The average molecular weight is 310 g/mol. The van der Waals surface area contributed by atoms with Crippen molar-refractivity contribution in [1.29, 1.82) is 0 Å². The molecule has 21 heavy (non-hydrogen) atoms. The Balaban J connectivity index is 2.00. The Morgan fingerprint density at radius 2 is 2.24 bits per heavy atom. The highest BCUT2D eigenvalue weighted by molar-refractivity contribution is 7.89. The Morgan fingerprint density at radius 3 is 2.86 bits per heavy atom. The molecule has 1 fully saturated rings. The van der Waals surface area contributed by atoms with Gasteiger partial charge in [-0.05, 0) is 19.1 Å². The minimum atomic E-state index is -3.66. The number of nitrogens with zero attached hydrogens (tertiary/aromatic N) is 3. The quantitative estimate of drug-likeness (QED) is 0.900. The number of hydrogen-bond donors (Lipinski definition) is 1. The molecule has 8 heteroatoms. The predicted octanol–water partition coefficient (Wildman–Crippen LogP) is 0.657. The van der Waals surface area contributed by atoms with Crippen LogP contribution in [0.5, 0.6) is 0 Å². The molecule has 1 N–H and O–H groups in total. The molecule has 114 valence electrons. The van der Waals surface area contributed by atoms with Crippen LogP contribution in [-0.2, 0) is 17.1 Å². The van der Waals surface area contributed by atoms with Crippen molar-refractivity contribution in [1.82, 2.24) is 19.2 Å². The first-order valence-corrected chi connectivity index (χ1v) is 8.20. The SMILES string of the molecule is Cc1ccc(S(=O)(=O)N2CCNCC2c2nccn2C)o1. The summed E-state index contributed by atoms with van der Waals surface area (Å²) < 4.78 is 34.2. The molecule has 1 atom stereocenters. The fourth-order valence-corrected chi connectivity index (χ4v) is 4.10. The molecule has 1 saturated heterocycles. The van der Waals surface area contributed by atoms with Crippen LogP contribution in [0.3, 0.4) is 0 Å². The summed E-state index contributed by atoms with van der Waals surface area (Å²) in [7, 11) is -1.80. The van der Waals surface area contributed by atoms with E-state index in [9.17, 15) is 8.42 Å². The van der Waals surface area contributed by atoms with E-state index in [-0.39, 0.29) is 11.1 Å². The molecular weight excluding hydrogens is 292 g/mol. The van der Waals surface area contributed by atoms with E-state index < -0.39 is 10.0 Å². The van der Waals surface area contributed by atoms with E-state index in [0.717, 1.165) is 0 Å². The van der Waals surface area contributed by atoms with Gasteiger partial charge >= 0.3 is 0 Å². The van der Waals surface area contributed by atoms with E-state index in [0.29, 0.717) is 31.2 Å². The topological polar surface area (TPSA) is 80.4 Å². The molecule has 0 saturated carbocycles. The van der Waals surface area contributed by atoms with E-state index in [4.69, 9.17) is 4.42 Å². The second-order valence-corrected chi connectivity index (χ2v) is 6.92. The van der Waals surface area contributed by atoms with Gasteiger partial charge < -0.3 is 14.3 Å². The third kappa shape index (κ3) is 2.50. The van der Waals surface area contributed by atoms with Crippen LogP contribution in [-0.4, -0.2) is 41.9 Å². The number of piperazine rings is 1. The van der Waals surface area contributed by atoms with Gasteiger partial charge in [0.2, 0.25) is 5.09 Å². The highest BCUT2D eigenvalue weighted by Crippen LogP contribution is 2.28. The first-order valence-electron chi connectivity index (χ1n) is 6.76. The predicted molar refractivity (Wildman–Crippen MR) is 76.2 cm³/mol. The fourth-order valence-electron chi connectivity index (χ4n) is 2.56. The molecule has 0 aromatic carbocycles. The number of aryl methyl sites for hydroxylation is 2. The Labute approximate surface area is 123 Å². The molecule has 1 aliphatic heterocycles. The van der Waals surface area contributed by atoms with Crippen molar-refractivity contribution in [3.63, 3.8) is 0 Å². The van der Waals surface area contributed by atoms with Crippen LogP contribution in [0.2, 0.25) is 0 Å². The van der Waals surface area contributed by atoms with Crippen LogP contribution >= 0.6 is 0 Å². The zero-order valence-corrected chi connectivity index (χ0v) is 12.8. The Kier molecular flexibility index (Phi) is 3.60. The molecule has 0 bridgehead atoms. The largest absolute Gasteiger partial charge is 0.449 e. The molecule has 0 spiro atoms. The maximum absolute atomic E-state index is 12.8. The van der Waals surface area contributed by atoms with E-state index in [1.807, 2.05) is 17.8 Å². The van der Waals surface area contributed by atoms with Crippen LogP contribution in [0.1, 0.15) is 17.6 Å². The Bertz CT molecular complexity index is 734. The Hall–Kier alpha value is -1.64. The smallest absolute Gasteiger partial charge is 0.277 e. The van der Waals surface area contributed by atoms with Gasteiger partial charge in [0.15, 0.2) is 0 Å². The van der Waals surface area contributed by atoms with Crippen molar-refractivity contribution in [2.24, 2.45) is 7.05 Å². The number of hydrogen-bond acceptors (Lipinski definition) is 5. The maximum atomic E-state index is 12.8. The van der Waals surface area contributed by atoms with Crippen molar-refractivity contribution >= 4 is 10.0 Å². The third-order valence-electron chi connectivity index (χ3n) is 3.63. The summed E-state index contributed by atoms with van der Waals surface area (Å²) >= 11 is 0. The molecular formula is C13H18N4O3S. The molecule has 7 nitrogen and oxygen atoms in total. The number of rotatable bonds is 3. The molecule has 1 unspecified atom stereocenters. The number of sulfonamides is 1. The molecule has 3 heterocycles. The number of aromatic nitrogens is 2. The minimum Gasteiger partial charge on any atom is -0.449 e. The second kappa shape index (κ2) is 5.28. The molecule has 1 aliphatic rings. The number of imidazole rings is 1. The highest BCUT2D eigenvalue weighted by atomic mass is 32.2. The summed E-state index contributed by atoms with van der Waals surface area (Å²) in [6, 6.07) is 2.82. The number of nitrogens with one attached hydrogen (secondary N) is 1. The fraction of sp³-hybridized carbons (Fsp3) is 0.462. The van der Waals surface area contributed by atoms with Crippen molar-refractivity contribution < 1.29 is 12.8 Å². The lowest BCUT2D eigenvalue weighted by Crippen LogP contribution is -2.49. The first kappa shape index (κ1) is 14.3. The molecule has 3 rings (SSSR count). The average Bonchev–Trinajstić information content (AvgIpc) is 3.08. The Morgan fingerprint density at radius 1 is 1.43 bits per heavy atom. The third-order valence-corrected chi connectivity index (χ3v) is 5.41. The van der Waals surface area contributed by atoms with Gasteiger partial charge in [-0.25, -0.2) is 13.4 Å². The maximum Gasteiger partial charge on any atom is 0.277 e. The first-order chi connectivity index (χ1) is 10.00. The lowest BCUT2D eigenvalue weighted by molar-refractivity contribution is 0.251. The van der Waals surface area contributed by atoms with Gasteiger partial charge in [-0.15, -0.1) is 0 Å². The zero-order valence-electron chi connectivity index (χ0n) is 12.0. The van der Waals surface area contributed by atoms with E-state index in [1.165, 1.54) is 10.4 Å². The van der Waals surface area contributed by atoms with Crippen LogP contribution in [0.25, 0.3) is 0 Å². The van der Waals surface area contributed by atoms with Gasteiger partial charge in [-0.1, -0.05) is 0 Å². The van der Waals surface area contributed by atoms with Crippen molar-refractivity contribution in [3.8, 4) is 0 Å². The van der Waals surface area contributed by atoms with E-state index >= 15 is 0 Å². The molecule has 0 amide bonds. The summed E-state index contributed by atoms with van der Waals surface area (Å²) in [5, 5.41) is 3.21. The van der Waals surface area contributed by atoms with Crippen LogP contribution in [0.4, 0.5) is 0 Å². The summed E-state index contributed by atoms with van der Waals surface area (Å²) in [5.41, 5.74) is 0. The van der Waals surface area contributed by atoms with Crippen molar-refractivity contribution in [2.75, 3.05) is 19.6 Å². The zero-order chi connectivity index (χ0) is 15.0. The lowest BCUT2D eigenvalue weighted by Gasteiger charge is -2.33. The van der Waals surface area contributed by atoms with E-state index in [1.54, 1.807) is 19.2 Å². The summed E-state index contributed by atoms with van der Waals surface area (Å²) in [6.45, 7) is 3.26. The highest BCUT2D eigenvalue weighted by Gasteiger charge is 2.37. The minimum absolute atomic E-state index is 0.0129. The van der Waals surface area contributed by atoms with Crippen LogP contribution < -0.4 is 5.32 Å². The lowest BCUT2D eigenvalue weighted by atomic mass is 10.2. The molecule has 2 aromatic heterocycles. The van der Waals surface area contributed by atoms with Crippen molar-refractivity contribution in [2.45, 2.75) is 18.1 Å². The second-order valence-electron chi connectivity index (χ2n) is 5.10. The van der Waals surface area contributed by atoms with Crippen LogP contribution in [0, 0.1) is 6.92 Å². The van der Waals surface area contributed by atoms with Crippen molar-refractivity contribution in [3.05, 3.63) is 36.1 Å². The summed E-state index contributed by atoms with van der Waals surface area (Å²) in [6.07, 6.45) is 3.48. The van der Waals surface area contributed by atoms with Gasteiger partial charge in [0.1, 0.15) is 11.6 Å². The van der Waals surface area contributed by atoms with Gasteiger partial charge in [-0.3, -0.25) is 0 Å². The van der Waals surface area contributed by atoms with Gasteiger partial charge in [0.05, 0.1) is 6.04 Å². The summed E-state index contributed by atoms with van der Waals surface area (Å²) in [5.74, 6) is 1.30. The summed E-state index contributed by atoms with van der Waals surface area (Å²) in [4.78, 5) is 4.29. The van der Waals surface area contributed by atoms with Gasteiger partial charge in [-0.2, -0.15) is 4.31 Å². The number of furan rings is 1. The van der Waals surface area contributed by atoms with E-state index in [2.05, 4.69) is 10.3 Å². The monoisotopic (exact) mass is 310 g/mol. The van der Waals surface area contributed by atoms with Gasteiger partial charge in [0, 0.05) is 39.1 Å². The molecule has 0 radical (unpaired) electrons. The molecule has 2 aromatic rings. The van der Waals surface area contributed by atoms with Gasteiger partial charge in [0.25, 0.3) is 10.0 Å². The standard InChI is InChI=1S/C13H18N4O3S/c1-10-3-4-12(20-10)21(18,19)17-8-5-14-9-11(17)13-15-6-7-16(13)2/h3-4,6-7,11,14H,5,8-9H2,1-2H3.